The van der Waals surface area contributed by atoms with Crippen LogP contribution in [0, 0.1) is 0 Å². The van der Waals surface area contributed by atoms with Gasteiger partial charge in [-0.1, -0.05) is 216 Å². The Kier molecular flexibility index (Phi) is 9.76. The molecular weight excluding hydrogens is 859 g/mol. The topological polar surface area (TPSA) is 16.4 Å². The lowest BCUT2D eigenvalue weighted by atomic mass is 9.66. The summed E-state index contributed by atoms with van der Waals surface area (Å²) >= 11 is 0. The van der Waals surface area contributed by atoms with Crippen LogP contribution < -0.4 is 4.90 Å². The van der Waals surface area contributed by atoms with Gasteiger partial charge in [0, 0.05) is 33.3 Å². The zero-order valence-electron chi connectivity index (χ0n) is 41.0. The Morgan fingerprint density at radius 3 is 1.56 bits per heavy atom. The molecule has 2 heteroatoms. The molecule has 1 aromatic heterocycles. The van der Waals surface area contributed by atoms with Crippen LogP contribution in [-0.4, -0.2) is 0 Å². The molecule has 0 atom stereocenters. The molecule has 1 heterocycles. The first-order valence-corrected chi connectivity index (χ1v) is 26.4. The number of benzene rings is 9. The van der Waals surface area contributed by atoms with Crippen LogP contribution in [0.4, 0.5) is 17.1 Å². The van der Waals surface area contributed by atoms with Gasteiger partial charge in [0.15, 0.2) is 0 Å². The van der Waals surface area contributed by atoms with E-state index in [2.05, 4.69) is 219 Å². The van der Waals surface area contributed by atoms with Crippen LogP contribution in [0.5, 0.6) is 0 Å². The van der Waals surface area contributed by atoms with E-state index in [4.69, 9.17) is 4.42 Å². The van der Waals surface area contributed by atoms with E-state index in [1.807, 2.05) is 0 Å². The van der Waals surface area contributed by atoms with Gasteiger partial charge in [-0.3, -0.25) is 0 Å². The van der Waals surface area contributed by atoms with E-state index < -0.39 is 5.41 Å². The van der Waals surface area contributed by atoms with Crippen molar-refractivity contribution in [2.24, 2.45) is 0 Å². The number of hydrogen-bond acceptors (Lipinski definition) is 2. The molecule has 9 aromatic carbocycles. The first kappa shape index (κ1) is 42.5. The fraction of sp³-hybridized carbons (Fsp3) is 0.217. The Balaban J connectivity index is 1.00. The highest BCUT2D eigenvalue weighted by Crippen LogP contribution is 2.65. The summed E-state index contributed by atoms with van der Waals surface area (Å²) in [5.41, 5.74) is 23.8. The Hall–Kier alpha value is -7.42. The molecule has 0 saturated heterocycles. The molecule has 2 saturated carbocycles. The Morgan fingerprint density at radius 1 is 0.366 bits per heavy atom. The molecular formula is C69H59NO. The summed E-state index contributed by atoms with van der Waals surface area (Å²) < 4.78 is 6.57. The number of para-hydroxylation sites is 3. The quantitative estimate of drug-likeness (QED) is 0.158. The van der Waals surface area contributed by atoms with Gasteiger partial charge in [0.05, 0.1) is 11.1 Å². The predicted molar refractivity (Wildman–Crippen MR) is 296 cm³/mol. The van der Waals surface area contributed by atoms with Gasteiger partial charge in [0.1, 0.15) is 11.2 Å². The van der Waals surface area contributed by atoms with E-state index in [0.717, 1.165) is 50.1 Å². The smallest absolute Gasteiger partial charge is 0.143 e. The molecule has 1 spiro atoms. The SMILES string of the molecule is CC1(c2ccc3c(c2)C2(c4ccccc4-c4ccc(N(c5ccc(-c6cccc7c6oc6ccccc67)cc5)c5ccccc5-c5ccccc5)cc42)c2cc(C4(C)CCCCC4)ccc2-3)CCCCC1. The molecule has 0 aliphatic heterocycles. The van der Waals surface area contributed by atoms with Crippen LogP contribution in [0.15, 0.2) is 205 Å². The first-order chi connectivity index (χ1) is 34.9. The fourth-order valence-corrected chi connectivity index (χ4v) is 14.0. The number of nitrogens with zero attached hydrogens (tertiary/aromatic N) is 1. The summed E-state index contributed by atoms with van der Waals surface area (Å²) in [6.45, 7) is 5.09. The van der Waals surface area contributed by atoms with Crippen molar-refractivity contribution in [1.29, 1.82) is 0 Å². The number of fused-ring (bicyclic) bond motifs is 13. The molecule has 4 aliphatic rings. The third-order valence-electron chi connectivity index (χ3n) is 17.8. The second-order valence-electron chi connectivity index (χ2n) is 21.8. The lowest BCUT2D eigenvalue weighted by Crippen LogP contribution is -2.30. The normalized spacial score (nSPS) is 16.9. The van der Waals surface area contributed by atoms with Crippen LogP contribution in [0.3, 0.4) is 0 Å². The van der Waals surface area contributed by atoms with Gasteiger partial charge < -0.3 is 9.32 Å². The summed E-state index contributed by atoms with van der Waals surface area (Å²) in [5.74, 6) is 0. The first-order valence-electron chi connectivity index (χ1n) is 26.4. The summed E-state index contributed by atoms with van der Waals surface area (Å²) in [4.78, 5) is 2.51. The van der Waals surface area contributed by atoms with Crippen molar-refractivity contribution >= 4 is 39.0 Å². The minimum absolute atomic E-state index is 0.160. The predicted octanol–water partition coefficient (Wildman–Crippen LogP) is 19.2. The molecule has 2 fully saturated rings. The van der Waals surface area contributed by atoms with E-state index in [-0.39, 0.29) is 10.8 Å². The molecule has 0 radical (unpaired) electrons. The minimum Gasteiger partial charge on any atom is -0.455 e. The van der Waals surface area contributed by atoms with Crippen molar-refractivity contribution in [2.45, 2.75) is 94.3 Å². The molecule has 71 heavy (non-hydrogen) atoms. The maximum absolute atomic E-state index is 6.57. The molecule has 0 unspecified atom stereocenters. The van der Waals surface area contributed by atoms with Crippen LogP contribution in [0.2, 0.25) is 0 Å². The molecule has 2 nitrogen and oxygen atoms in total. The van der Waals surface area contributed by atoms with Crippen molar-refractivity contribution < 1.29 is 4.42 Å². The summed E-state index contributed by atoms with van der Waals surface area (Å²) in [6.07, 6.45) is 12.8. The van der Waals surface area contributed by atoms with Gasteiger partial charge in [-0.25, -0.2) is 0 Å². The second-order valence-corrected chi connectivity index (χ2v) is 21.8. The summed E-state index contributed by atoms with van der Waals surface area (Å²) in [6, 6.07) is 76.1. The maximum atomic E-state index is 6.57. The third-order valence-corrected chi connectivity index (χ3v) is 17.8. The average molecular weight is 918 g/mol. The van der Waals surface area contributed by atoms with Crippen LogP contribution in [0.1, 0.15) is 111 Å². The Morgan fingerprint density at radius 2 is 0.873 bits per heavy atom. The molecule has 0 amide bonds. The van der Waals surface area contributed by atoms with Crippen molar-refractivity contribution in [3.63, 3.8) is 0 Å². The van der Waals surface area contributed by atoms with E-state index in [1.165, 1.54) is 131 Å². The van der Waals surface area contributed by atoms with Crippen molar-refractivity contribution in [1.82, 2.24) is 0 Å². The number of anilines is 3. The summed E-state index contributed by atoms with van der Waals surface area (Å²) in [7, 11) is 0. The summed E-state index contributed by atoms with van der Waals surface area (Å²) in [5, 5.41) is 2.29. The van der Waals surface area contributed by atoms with Gasteiger partial charge in [-0.15, -0.1) is 0 Å². The van der Waals surface area contributed by atoms with Crippen molar-refractivity contribution in [3.05, 3.63) is 234 Å². The van der Waals surface area contributed by atoms with Crippen LogP contribution in [0.25, 0.3) is 66.4 Å². The van der Waals surface area contributed by atoms with Crippen molar-refractivity contribution in [2.75, 3.05) is 4.90 Å². The molecule has 14 rings (SSSR count). The lowest BCUT2D eigenvalue weighted by Gasteiger charge is -2.37. The number of hydrogen-bond donors (Lipinski definition) is 0. The Labute approximate surface area is 418 Å². The standard InChI is InChI=1S/C69H59NO/c1-67(39-14-4-15-40-67)48-31-36-55-56-37-32-49(68(2)41-16-5-17-42-68)44-62(56)69(61(55)43-48)60-26-11-8-22-54(60)57-38-35-51(45-63(57)69)70(64-27-12-9-21-52(64)46-19-6-3-7-20-46)50-33-29-47(30-34-50)53-24-18-25-59-58-23-10-13-28-65(58)71-66(53)59/h3,6-13,18-38,43-45H,4-5,14-17,39-42H2,1-2H3. The highest BCUT2D eigenvalue weighted by molar-refractivity contribution is 6.09. The average Bonchev–Trinajstić information content (AvgIpc) is 4.06. The number of rotatable bonds is 7. The van der Waals surface area contributed by atoms with Gasteiger partial charge >= 0.3 is 0 Å². The molecule has 10 aromatic rings. The molecule has 346 valence electrons. The van der Waals surface area contributed by atoms with E-state index in [0.29, 0.717) is 0 Å². The Bertz CT molecular complexity index is 3620. The lowest BCUT2D eigenvalue weighted by molar-refractivity contribution is 0.319. The largest absolute Gasteiger partial charge is 0.455 e. The van der Waals surface area contributed by atoms with Gasteiger partial charge in [0.2, 0.25) is 0 Å². The van der Waals surface area contributed by atoms with E-state index in [1.54, 1.807) is 0 Å². The monoisotopic (exact) mass is 917 g/mol. The van der Waals surface area contributed by atoms with E-state index in [9.17, 15) is 0 Å². The zero-order chi connectivity index (χ0) is 47.3. The maximum Gasteiger partial charge on any atom is 0.143 e. The number of furan rings is 1. The van der Waals surface area contributed by atoms with Gasteiger partial charge in [-0.05, 0) is 140 Å². The van der Waals surface area contributed by atoms with E-state index >= 15 is 0 Å². The third kappa shape index (κ3) is 6.46. The fourth-order valence-electron chi connectivity index (χ4n) is 14.0. The van der Waals surface area contributed by atoms with Crippen LogP contribution in [-0.2, 0) is 16.2 Å². The minimum atomic E-state index is -0.492. The van der Waals surface area contributed by atoms with Crippen molar-refractivity contribution in [3.8, 4) is 44.5 Å². The molecule has 4 aliphatic carbocycles. The highest BCUT2D eigenvalue weighted by atomic mass is 16.3. The van der Waals surface area contributed by atoms with Crippen LogP contribution >= 0.6 is 0 Å². The van der Waals surface area contributed by atoms with Gasteiger partial charge in [0.25, 0.3) is 0 Å². The molecule has 0 bridgehead atoms. The highest BCUT2D eigenvalue weighted by Gasteiger charge is 2.53. The second kappa shape index (κ2) is 16.3. The zero-order valence-corrected chi connectivity index (χ0v) is 41.0. The van der Waals surface area contributed by atoms with Gasteiger partial charge in [-0.2, -0.15) is 0 Å². The molecule has 0 N–H and O–H groups in total.